The summed E-state index contributed by atoms with van der Waals surface area (Å²) in [6.07, 6.45) is -19.9. The van der Waals surface area contributed by atoms with Gasteiger partial charge in [-0.05, 0) is 104 Å². The van der Waals surface area contributed by atoms with E-state index in [1.165, 1.54) is 29.1 Å². The van der Waals surface area contributed by atoms with Gasteiger partial charge in [0, 0.05) is 5.39 Å². The fourth-order valence-electron chi connectivity index (χ4n) is 6.83. The zero-order chi connectivity index (χ0) is 42.1. The molecule has 8 aromatic rings. The van der Waals surface area contributed by atoms with Gasteiger partial charge < -0.3 is 0 Å². The third-order valence-electron chi connectivity index (χ3n) is 9.75. The van der Waals surface area contributed by atoms with Crippen LogP contribution in [0.1, 0.15) is 22.3 Å². The molecular weight excluding hydrogens is 798 g/mol. The first kappa shape index (κ1) is 39.2. The van der Waals surface area contributed by atoms with Crippen LogP contribution < -0.4 is 0 Å². The van der Waals surface area contributed by atoms with Crippen LogP contribution in [0.4, 0.5) is 52.7 Å². The number of hydrogen-bond acceptors (Lipinski definition) is 2. The van der Waals surface area contributed by atoms with E-state index in [9.17, 15) is 52.7 Å². The van der Waals surface area contributed by atoms with E-state index >= 15 is 0 Å². The SMILES string of the molecule is FC(F)(F)c1cc(-c2ccc(-c3ccc(-n4nc5cc(-c6ccc(-c7cc(C(F)(F)F)cc(C(F)(F)F)c7)cc6)c6ccccc6c5n4)cc3)cc2)cc(C(F)(F)F)c1. The van der Waals surface area contributed by atoms with Crippen LogP contribution >= 0.6 is 0 Å². The summed E-state index contributed by atoms with van der Waals surface area (Å²) >= 11 is 0. The highest BCUT2D eigenvalue weighted by atomic mass is 19.4. The van der Waals surface area contributed by atoms with Crippen molar-refractivity contribution in [2.24, 2.45) is 0 Å². The molecule has 0 amide bonds. The number of hydrogen-bond donors (Lipinski definition) is 0. The molecule has 0 aliphatic heterocycles. The molecule has 0 N–H and O–H groups in total. The highest BCUT2D eigenvalue weighted by molar-refractivity contribution is 6.11. The van der Waals surface area contributed by atoms with Crippen LogP contribution in [0.15, 0.2) is 140 Å². The minimum Gasteiger partial charge on any atom is -0.166 e. The maximum absolute atomic E-state index is 13.5. The van der Waals surface area contributed by atoms with Crippen molar-refractivity contribution in [2.45, 2.75) is 24.7 Å². The van der Waals surface area contributed by atoms with Gasteiger partial charge in [0.05, 0.1) is 27.9 Å². The second-order valence-electron chi connectivity index (χ2n) is 13.6. The highest BCUT2D eigenvalue weighted by Crippen LogP contribution is 2.42. The minimum atomic E-state index is -4.99. The van der Waals surface area contributed by atoms with E-state index < -0.39 is 47.0 Å². The van der Waals surface area contributed by atoms with Crippen LogP contribution in [0.5, 0.6) is 0 Å². The van der Waals surface area contributed by atoms with Crippen LogP contribution in [0, 0.1) is 0 Å². The van der Waals surface area contributed by atoms with Gasteiger partial charge in [0.2, 0.25) is 0 Å². The molecule has 59 heavy (non-hydrogen) atoms. The standard InChI is InChI=1S/C44H23F12N3/c45-41(46,47)31-17-29(18-32(21-31)42(48,49)50)26-7-5-24(6-8-26)25-13-15-35(16-14-25)59-57-39-23-38(36-3-1-2-4-37(36)40(39)58-59)28-11-9-27(10-12-28)30-19-33(43(51,52)53)22-34(20-30)44(54,55)56/h1-23H. The second-order valence-corrected chi connectivity index (χ2v) is 13.6. The molecule has 0 bridgehead atoms. The van der Waals surface area contributed by atoms with Crippen LogP contribution in [0.25, 0.3) is 72.0 Å². The maximum atomic E-state index is 13.5. The first-order valence-electron chi connectivity index (χ1n) is 17.4. The zero-order valence-corrected chi connectivity index (χ0v) is 29.7. The van der Waals surface area contributed by atoms with Crippen molar-refractivity contribution in [1.29, 1.82) is 0 Å². The van der Waals surface area contributed by atoms with Crippen LogP contribution in [-0.2, 0) is 24.7 Å². The topological polar surface area (TPSA) is 30.7 Å². The third kappa shape index (κ3) is 7.84. The van der Waals surface area contributed by atoms with E-state index in [0.29, 0.717) is 63.2 Å². The lowest BCUT2D eigenvalue weighted by atomic mass is 9.94. The van der Waals surface area contributed by atoms with Crippen LogP contribution in [0.2, 0.25) is 0 Å². The smallest absolute Gasteiger partial charge is 0.166 e. The summed E-state index contributed by atoms with van der Waals surface area (Å²) in [6, 6.07) is 31.0. The molecule has 0 saturated carbocycles. The molecule has 298 valence electrons. The van der Waals surface area contributed by atoms with Crippen molar-refractivity contribution < 1.29 is 52.7 Å². The van der Waals surface area contributed by atoms with Crippen LogP contribution in [-0.4, -0.2) is 15.0 Å². The van der Waals surface area contributed by atoms with E-state index in [-0.39, 0.29) is 34.4 Å². The first-order valence-corrected chi connectivity index (χ1v) is 17.4. The number of halogens is 12. The summed E-state index contributed by atoms with van der Waals surface area (Å²) in [5.74, 6) is 0. The molecule has 15 heteroatoms. The molecule has 0 atom stereocenters. The fraction of sp³-hybridized carbons (Fsp3) is 0.0909. The maximum Gasteiger partial charge on any atom is 0.416 e. The molecular formula is C44H23F12N3. The number of nitrogens with zero attached hydrogens (tertiary/aromatic N) is 3. The number of aromatic nitrogens is 3. The van der Waals surface area contributed by atoms with Crippen molar-refractivity contribution in [3.8, 4) is 50.2 Å². The number of rotatable bonds is 5. The third-order valence-corrected chi connectivity index (χ3v) is 9.75. The van der Waals surface area contributed by atoms with E-state index in [1.54, 1.807) is 54.6 Å². The summed E-state index contributed by atoms with van der Waals surface area (Å²) in [7, 11) is 0. The molecule has 1 heterocycles. The van der Waals surface area contributed by atoms with Gasteiger partial charge >= 0.3 is 24.7 Å². The molecule has 0 fully saturated rings. The minimum absolute atomic E-state index is 0.0783. The van der Waals surface area contributed by atoms with Gasteiger partial charge in [0.1, 0.15) is 11.0 Å². The Morgan fingerprint density at radius 2 is 0.695 bits per heavy atom. The van der Waals surface area contributed by atoms with Gasteiger partial charge in [-0.1, -0.05) is 84.9 Å². The molecule has 0 aliphatic carbocycles. The van der Waals surface area contributed by atoms with Gasteiger partial charge in [0.25, 0.3) is 0 Å². The van der Waals surface area contributed by atoms with Crippen molar-refractivity contribution in [3.05, 3.63) is 162 Å². The Balaban J connectivity index is 1.09. The summed E-state index contributed by atoms with van der Waals surface area (Å²) in [5, 5.41) is 10.9. The quantitative estimate of drug-likeness (QED) is 0.162. The van der Waals surface area contributed by atoms with E-state index in [2.05, 4.69) is 5.10 Å². The van der Waals surface area contributed by atoms with Crippen molar-refractivity contribution in [1.82, 2.24) is 15.0 Å². The molecule has 0 saturated heterocycles. The Labute approximate surface area is 325 Å². The van der Waals surface area contributed by atoms with E-state index in [0.717, 1.165) is 10.8 Å². The molecule has 7 aromatic carbocycles. The Morgan fingerprint density at radius 1 is 0.339 bits per heavy atom. The van der Waals surface area contributed by atoms with E-state index in [4.69, 9.17) is 5.10 Å². The van der Waals surface area contributed by atoms with Crippen molar-refractivity contribution in [3.63, 3.8) is 0 Å². The number of fused-ring (bicyclic) bond motifs is 3. The molecule has 0 aliphatic rings. The Hall–Kier alpha value is -6.64. The Kier molecular flexibility index (Phi) is 9.32. The summed E-state index contributed by atoms with van der Waals surface area (Å²) in [6.45, 7) is 0. The van der Waals surface area contributed by atoms with Crippen molar-refractivity contribution in [2.75, 3.05) is 0 Å². The Bertz CT molecular complexity index is 2780. The second kappa shape index (κ2) is 14.0. The lowest BCUT2D eigenvalue weighted by molar-refractivity contribution is -0.144. The summed E-state index contributed by atoms with van der Waals surface area (Å²) in [4.78, 5) is 1.41. The number of alkyl halides is 12. The Morgan fingerprint density at radius 3 is 1.10 bits per heavy atom. The molecule has 3 nitrogen and oxygen atoms in total. The first-order chi connectivity index (χ1) is 27.7. The van der Waals surface area contributed by atoms with Crippen molar-refractivity contribution >= 4 is 21.8 Å². The highest BCUT2D eigenvalue weighted by Gasteiger charge is 2.38. The van der Waals surface area contributed by atoms with Gasteiger partial charge in [-0.25, -0.2) is 0 Å². The molecule has 0 spiro atoms. The molecule has 0 radical (unpaired) electrons. The fourth-order valence-corrected chi connectivity index (χ4v) is 6.83. The molecule has 1 aromatic heterocycles. The van der Waals surface area contributed by atoms with Gasteiger partial charge in [-0.15, -0.1) is 10.2 Å². The molecule has 0 unspecified atom stereocenters. The summed E-state index contributed by atoms with van der Waals surface area (Å²) < 4.78 is 162. The number of benzene rings is 7. The van der Waals surface area contributed by atoms with E-state index in [1.807, 2.05) is 24.3 Å². The average Bonchev–Trinajstić information content (AvgIpc) is 3.64. The zero-order valence-electron chi connectivity index (χ0n) is 29.7. The lowest BCUT2D eigenvalue weighted by Gasteiger charge is -2.15. The van der Waals surface area contributed by atoms with Gasteiger partial charge in [-0.3, -0.25) is 0 Å². The van der Waals surface area contributed by atoms with Gasteiger partial charge in [-0.2, -0.15) is 57.5 Å². The molecule has 8 rings (SSSR count). The van der Waals surface area contributed by atoms with Crippen LogP contribution in [0.3, 0.4) is 0 Å². The summed E-state index contributed by atoms with van der Waals surface area (Å²) in [5.41, 5.74) is -1.62. The van der Waals surface area contributed by atoms with Gasteiger partial charge in [0.15, 0.2) is 0 Å². The predicted molar refractivity (Wildman–Crippen MR) is 198 cm³/mol. The average molecular weight is 822 g/mol. The predicted octanol–water partition coefficient (Wildman–Crippen LogP) is 14.3. The lowest BCUT2D eigenvalue weighted by Crippen LogP contribution is -2.11. The monoisotopic (exact) mass is 821 g/mol. The normalized spacial score (nSPS) is 12.7. The largest absolute Gasteiger partial charge is 0.416 e.